The molecule has 0 fully saturated rings. The Labute approximate surface area is 109 Å². The lowest BCUT2D eigenvalue weighted by Gasteiger charge is -1.98. The second kappa shape index (κ2) is 4.43. The van der Waals surface area contributed by atoms with Gasteiger partial charge in [-0.05, 0) is 29.3 Å². The molecule has 0 atom stereocenters. The number of ketones is 1. The van der Waals surface area contributed by atoms with E-state index >= 15 is 0 Å². The maximum absolute atomic E-state index is 13.1. The van der Waals surface area contributed by atoms with E-state index in [1.807, 2.05) is 18.2 Å². The Kier molecular flexibility index (Phi) is 2.75. The van der Waals surface area contributed by atoms with Gasteiger partial charge in [0.15, 0.2) is 17.4 Å². The van der Waals surface area contributed by atoms with Gasteiger partial charge in [-0.1, -0.05) is 30.3 Å². The molecule has 0 N–H and O–H groups in total. The average Bonchev–Trinajstić information content (AvgIpc) is 2.72. The Morgan fingerprint density at radius 3 is 2.53 bits per heavy atom. The lowest BCUT2D eigenvalue weighted by molar-refractivity contribution is 0.104. The monoisotopic (exact) mass is 256 g/mol. The minimum absolute atomic E-state index is 0.0414. The van der Waals surface area contributed by atoms with Gasteiger partial charge in [-0.3, -0.25) is 4.79 Å². The molecule has 0 amide bonds. The number of carbonyl (C=O) groups is 1. The number of carbonyl (C=O) groups excluding carboxylic acids is 1. The van der Waals surface area contributed by atoms with Gasteiger partial charge in [0, 0.05) is 17.6 Å². The van der Waals surface area contributed by atoms with Crippen molar-refractivity contribution in [3.63, 3.8) is 0 Å². The Morgan fingerprint density at radius 1 is 1.00 bits per heavy atom. The van der Waals surface area contributed by atoms with Crippen LogP contribution in [0.25, 0.3) is 6.08 Å². The first-order chi connectivity index (χ1) is 9.15. The highest BCUT2D eigenvalue weighted by Gasteiger charge is 2.23. The van der Waals surface area contributed by atoms with E-state index in [0.717, 1.165) is 17.7 Å². The Balaban J connectivity index is 1.98. The molecule has 0 spiro atoms. The molecule has 2 aromatic carbocycles. The molecular weight excluding hydrogens is 246 g/mol. The van der Waals surface area contributed by atoms with Crippen LogP contribution in [0, 0.1) is 11.6 Å². The molecule has 0 unspecified atom stereocenters. The fraction of sp³-hybridized carbons (Fsp3) is 0.0625. The van der Waals surface area contributed by atoms with Gasteiger partial charge in [-0.15, -0.1) is 0 Å². The number of rotatable bonds is 1. The molecule has 94 valence electrons. The van der Waals surface area contributed by atoms with Crippen LogP contribution in [0.2, 0.25) is 0 Å². The van der Waals surface area contributed by atoms with Crippen molar-refractivity contribution in [3.8, 4) is 0 Å². The third-order valence-corrected chi connectivity index (χ3v) is 3.22. The Bertz CT molecular complexity index is 702. The molecule has 3 heteroatoms. The minimum Gasteiger partial charge on any atom is -0.289 e. The van der Waals surface area contributed by atoms with Crippen LogP contribution in [-0.4, -0.2) is 5.78 Å². The average molecular weight is 256 g/mol. The summed E-state index contributed by atoms with van der Waals surface area (Å²) in [5, 5.41) is 0. The number of Topliss-reactive ketones (excluding diaryl/α,β-unsaturated/α-hetero) is 1. The molecular formula is C16H10F2O. The minimum atomic E-state index is -0.905. The molecule has 1 nitrogen and oxygen atoms in total. The van der Waals surface area contributed by atoms with Gasteiger partial charge in [0.2, 0.25) is 0 Å². The summed E-state index contributed by atoms with van der Waals surface area (Å²) in [5.41, 5.74) is 2.76. The third-order valence-electron chi connectivity index (χ3n) is 3.22. The van der Waals surface area contributed by atoms with Crippen molar-refractivity contribution in [2.24, 2.45) is 0 Å². The van der Waals surface area contributed by atoms with Gasteiger partial charge in [0.1, 0.15) is 0 Å². The summed E-state index contributed by atoms with van der Waals surface area (Å²) in [6.45, 7) is 0. The van der Waals surface area contributed by atoms with E-state index in [9.17, 15) is 13.6 Å². The van der Waals surface area contributed by atoms with Gasteiger partial charge in [-0.25, -0.2) is 8.78 Å². The largest absolute Gasteiger partial charge is 0.289 e. The zero-order valence-corrected chi connectivity index (χ0v) is 9.99. The van der Waals surface area contributed by atoms with Gasteiger partial charge >= 0.3 is 0 Å². The lowest BCUT2D eigenvalue weighted by atomic mass is 10.1. The van der Waals surface area contributed by atoms with E-state index in [2.05, 4.69) is 0 Å². The van der Waals surface area contributed by atoms with Crippen LogP contribution < -0.4 is 0 Å². The molecule has 0 saturated carbocycles. The first-order valence-electron chi connectivity index (χ1n) is 5.93. The topological polar surface area (TPSA) is 17.1 Å². The zero-order chi connectivity index (χ0) is 13.4. The number of allylic oxidation sites excluding steroid dienone is 1. The predicted molar refractivity (Wildman–Crippen MR) is 68.8 cm³/mol. The summed E-state index contributed by atoms with van der Waals surface area (Å²) in [5.74, 6) is -1.83. The van der Waals surface area contributed by atoms with Crippen molar-refractivity contribution in [2.75, 3.05) is 0 Å². The van der Waals surface area contributed by atoms with Gasteiger partial charge in [0.05, 0.1) is 0 Å². The smallest absolute Gasteiger partial charge is 0.189 e. The van der Waals surface area contributed by atoms with Crippen molar-refractivity contribution in [1.29, 1.82) is 0 Å². The van der Waals surface area contributed by atoms with Crippen molar-refractivity contribution < 1.29 is 13.6 Å². The Morgan fingerprint density at radius 2 is 1.79 bits per heavy atom. The lowest BCUT2D eigenvalue weighted by Crippen LogP contribution is -1.95. The third kappa shape index (κ3) is 2.08. The standard InChI is InChI=1S/C16H10F2O/c17-14-6-5-10(8-15(14)18)7-12-9-11-3-1-2-4-13(11)16(12)19/h1-8H,9H2/b12-7+. The SMILES string of the molecule is O=C1/C(=C/c2ccc(F)c(F)c2)Cc2ccccc21. The van der Waals surface area contributed by atoms with E-state index in [-0.39, 0.29) is 5.78 Å². The molecule has 0 radical (unpaired) electrons. The zero-order valence-electron chi connectivity index (χ0n) is 9.99. The maximum atomic E-state index is 13.1. The summed E-state index contributed by atoms with van der Waals surface area (Å²) >= 11 is 0. The first kappa shape index (κ1) is 11.8. The highest BCUT2D eigenvalue weighted by atomic mass is 19.2. The number of fused-ring (bicyclic) bond motifs is 1. The van der Waals surface area contributed by atoms with Crippen LogP contribution >= 0.6 is 0 Å². The van der Waals surface area contributed by atoms with Crippen molar-refractivity contribution >= 4 is 11.9 Å². The maximum Gasteiger partial charge on any atom is 0.189 e. The van der Waals surface area contributed by atoms with Crippen molar-refractivity contribution in [1.82, 2.24) is 0 Å². The molecule has 0 bridgehead atoms. The van der Waals surface area contributed by atoms with Crippen LogP contribution in [-0.2, 0) is 6.42 Å². The normalized spacial score (nSPS) is 15.9. The van der Waals surface area contributed by atoms with Gasteiger partial charge in [0.25, 0.3) is 0 Å². The van der Waals surface area contributed by atoms with E-state index in [1.54, 1.807) is 12.1 Å². The van der Waals surface area contributed by atoms with Crippen LogP contribution in [0.4, 0.5) is 8.78 Å². The number of hydrogen-bond acceptors (Lipinski definition) is 1. The summed E-state index contributed by atoms with van der Waals surface area (Å²) in [7, 11) is 0. The van der Waals surface area contributed by atoms with E-state index < -0.39 is 11.6 Å². The quantitative estimate of drug-likeness (QED) is 0.709. The number of halogens is 2. The Hall–Kier alpha value is -2.29. The summed E-state index contributed by atoms with van der Waals surface area (Å²) in [6.07, 6.45) is 2.15. The molecule has 0 saturated heterocycles. The van der Waals surface area contributed by atoms with Crippen LogP contribution in [0.1, 0.15) is 21.5 Å². The second-order valence-electron chi connectivity index (χ2n) is 4.51. The molecule has 1 aliphatic carbocycles. The second-order valence-corrected chi connectivity index (χ2v) is 4.51. The van der Waals surface area contributed by atoms with Crippen LogP contribution in [0.3, 0.4) is 0 Å². The van der Waals surface area contributed by atoms with Gasteiger partial charge in [-0.2, -0.15) is 0 Å². The number of benzene rings is 2. The molecule has 19 heavy (non-hydrogen) atoms. The molecule has 0 aromatic heterocycles. The fourth-order valence-corrected chi connectivity index (χ4v) is 2.27. The van der Waals surface area contributed by atoms with Gasteiger partial charge < -0.3 is 0 Å². The van der Waals surface area contributed by atoms with Crippen LogP contribution in [0.15, 0.2) is 48.0 Å². The number of hydrogen-bond donors (Lipinski definition) is 0. The molecule has 1 aliphatic rings. The summed E-state index contributed by atoms with van der Waals surface area (Å²) < 4.78 is 26.0. The fourth-order valence-electron chi connectivity index (χ4n) is 2.27. The predicted octanol–water partition coefficient (Wildman–Crippen LogP) is 3.79. The van der Waals surface area contributed by atoms with E-state index in [1.165, 1.54) is 6.07 Å². The first-order valence-corrected chi connectivity index (χ1v) is 5.93. The van der Waals surface area contributed by atoms with Crippen molar-refractivity contribution in [2.45, 2.75) is 6.42 Å². The molecule has 0 heterocycles. The molecule has 3 rings (SSSR count). The molecule has 2 aromatic rings. The summed E-state index contributed by atoms with van der Waals surface area (Å²) in [6, 6.07) is 11.0. The summed E-state index contributed by atoms with van der Waals surface area (Å²) in [4.78, 5) is 12.1. The van der Waals surface area contributed by atoms with E-state index in [4.69, 9.17) is 0 Å². The van der Waals surface area contributed by atoms with Crippen molar-refractivity contribution in [3.05, 3.63) is 76.4 Å². The highest BCUT2D eigenvalue weighted by Crippen LogP contribution is 2.27. The highest BCUT2D eigenvalue weighted by molar-refractivity contribution is 6.15. The van der Waals surface area contributed by atoms with Crippen LogP contribution in [0.5, 0.6) is 0 Å². The van der Waals surface area contributed by atoms with E-state index in [0.29, 0.717) is 23.1 Å². The molecule has 0 aliphatic heterocycles.